The molecule has 0 aliphatic carbocycles. The first-order valence-corrected chi connectivity index (χ1v) is 5.80. The minimum Gasteiger partial charge on any atom is -0.480 e. The standard InChI is InChI=1S/C11H21N3O4/c1-6(2)9(10(16)17)14-11(18)12-5-8(15)13-7(3)4/h6-7,9H,5H2,1-4H3,(H,13,15)(H,16,17)(H2,12,14,18)/t9-/m0/s1. The summed E-state index contributed by atoms with van der Waals surface area (Å²) in [6.45, 7) is 6.79. The molecule has 1 atom stereocenters. The van der Waals surface area contributed by atoms with E-state index in [0.29, 0.717) is 0 Å². The molecule has 0 aliphatic rings. The van der Waals surface area contributed by atoms with Crippen LogP contribution in [0.5, 0.6) is 0 Å². The Morgan fingerprint density at radius 2 is 1.61 bits per heavy atom. The summed E-state index contributed by atoms with van der Waals surface area (Å²) in [5.74, 6) is -1.67. The number of carboxylic acid groups (broad SMARTS) is 1. The van der Waals surface area contributed by atoms with Crippen molar-refractivity contribution in [1.82, 2.24) is 16.0 Å². The van der Waals surface area contributed by atoms with E-state index in [1.54, 1.807) is 27.7 Å². The molecule has 18 heavy (non-hydrogen) atoms. The number of rotatable bonds is 6. The molecule has 0 rings (SSSR count). The molecule has 0 unspecified atom stereocenters. The van der Waals surface area contributed by atoms with Crippen molar-refractivity contribution >= 4 is 17.9 Å². The minimum atomic E-state index is -1.10. The van der Waals surface area contributed by atoms with Gasteiger partial charge in [0.2, 0.25) is 5.91 Å². The molecular weight excluding hydrogens is 238 g/mol. The zero-order chi connectivity index (χ0) is 14.3. The Hall–Kier alpha value is -1.79. The van der Waals surface area contributed by atoms with E-state index in [9.17, 15) is 14.4 Å². The maximum absolute atomic E-state index is 11.4. The summed E-state index contributed by atoms with van der Waals surface area (Å²) in [5.41, 5.74) is 0. The highest BCUT2D eigenvalue weighted by Crippen LogP contribution is 2.00. The van der Waals surface area contributed by atoms with Crippen LogP contribution in [-0.2, 0) is 9.59 Å². The summed E-state index contributed by atoms with van der Waals surface area (Å²) in [5, 5.41) is 16.1. The Bertz CT molecular complexity index is 315. The van der Waals surface area contributed by atoms with Gasteiger partial charge in [0.15, 0.2) is 0 Å². The van der Waals surface area contributed by atoms with Crippen LogP contribution in [0.2, 0.25) is 0 Å². The Morgan fingerprint density at radius 1 is 1.06 bits per heavy atom. The van der Waals surface area contributed by atoms with Crippen LogP contribution in [0.15, 0.2) is 0 Å². The normalized spacial score (nSPS) is 12.1. The van der Waals surface area contributed by atoms with E-state index >= 15 is 0 Å². The number of hydrogen-bond donors (Lipinski definition) is 4. The van der Waals surface area contributed by atoms with E-state index in [4.69, 9.17) is 5.11 Å². The molecule has 0 bridgehead atoms. The number of amides is 3. The molecule has 0 radical (unpaired) electrons. The Kier molecular flexibility index (Phi) is 6.77. The number of carbonyl (C=O) groups is 3. The Labute approximate surface area is 106 Å². The lowest BCUT2D eigenvalue weighted by molar-refractivity contribution is -0.140. The SMILES string of the molecule is CC(C)NC(=O)CNC(=O)N[C@H](C(=O)O)C(C)C. The maximum atomic E-state index is 11.4. The molecule has 0 heterocycles. The second kappa shape index (κ2) is 7.52. The van der Waals surface area contributed by atoms with Crippen LogP contribution < -0.4 is 16.0 Å². The van der Waals surface area contributed by atoms with E-state index in [-0.39, 0.29) is 24.4 Å². The molecule has 4 N–H and O–H groups in total. The van der Waals surface area contributed by atoms with Crippen molar-refractivity contribution in [2.24, 2.45) is 5.92 Å². The van der Waals surface area contributed by atoms with Crippen LogP contribution in [0.1, 0.15) is 27.7 Å². The van der Waals surface area contributed by atoms with Gasteiger partial charge in [0, 0.05) is 6.04 Å². The summed E-state index contributed by atoms with van der Waals surface area (Å²) >= 11 is 0. The third-order valence-electron chi connectivity index (χ3n) is 2.08. The molecule has 0 spiro atoms. The summed E-state index contributed by atoms with van der Waals surface area (Å²) in [4.78, 5) is 33.5. The van der Waals surface area contributed by atoms with Gasteiger partial charge in [-0.1, -0.05) is 13.8 Å². The van der Waals surface area contributed by atoms with Gasteiger partial charge in [-0.05, 0) is 19.8 Å². The summed E-state index contributed by atoms with van der Waals surface area (Å²) < 4.78 is 0. The van der Waals surface area contributed by atoms with Crippen LogP contribution in [0.4, 0.5) is 4.79 Å². The largest absolute Gasteiger partial charge is 0.480 e. The number of aliphatic carboxylic acids is 1. The Balaban J connectivity index is 4.11. The van der Waals surface area contributed by atoms with E-state index in [0.717, 1.165) is 0 Å². The van der Waals surface area contributed by atoms with Crippen molar-refractivity contribution in [3.63, 3.8) is 0 Å². The molecule has 0 aromatic carbocycles. The third-order valence-corrected chi connectivity index (χ3v) is 2.08. The molecule has 3 amide bonds. The summed E-state index contributed by atoms with van der Waals surface area (Å²) in [6.07, 6.45) is 0. The zero-order valence-corrected chi connectivity index (χ0v) is 11.1. The van der Waals surface area contributed by atoms with Crippen LogP contribution in [0, 0.1) is 5.92 Å². The predicted octanol–water partition coefficient (Wildman–Crippen LogP) is -0.0806. The van der Waals surface area contributed by atoms with Crippen LogP contribution in [0.25, 0.3) is 0 Å². The third kappa shape index (κ3) is 6.72. The molecule has 0 fully saturated rings. The average molecular weight is 259 g/mol. The highest BCUT2D eigenvalue weighted by Gasteiger charge is 2.23. The average Bonchev–Trinajstić information content (AvgIpc) is 2.21. The highest BCUT2D eigenvalue weighted by atomic mass is 16.4. The van der Waals surface area contributed by atoms with Crippen molar-refractivity contribution in [3.05, 3.63) is 0 Å². The van der Waals surface area contributed by atoms with Crippen molar-refractivity contribution in [2.75, 3.05) is 6.54 Å². The van der Waals surface area contributed by atoms with Gasteiger partial charge >= 0.3 is 12.0 Å². The van der Waals surface area contributed by atoms with Gasteiger partial charge in [0.25, 0.3) is 0 Å². The quantitative estimate of drug-likeness (QED) is 0.535. The summed E-state index contributed by atoms with van der Waals surface area (Å²) in [6, 6.07) is -1.65. The maximum Gasteiger partial charge on any atom is 0.326 e. The topological polar surface area (TPSA) is 108 Å². The van der Waals surface area contributed by atoms with Crippen LogP contribution >= 0.6 is 0 Å². The fourth-order valence-corrected chi connectivity index (χ4v) is 1.24. The van der Waals surface area contributed by atoms with Gasteiger partial charge in [0.05, 0.1) is 6.54 Å². The summed E-state index contributed by atoms with van der Waals surface area (Å²) in [7, 11) is 0. The van der Waals surface area contributed by atoms with Gasteiger partial charge in [-0.25, -0.2) is 9.59 Å². The zero-order valence-electron chi connectivity index (χ0n) is 11.1. The molecule has 7 heteroatoms. The lowest BCUT2D eigenvalue weighted by Gasteiger charge is -2.18. The van der Waals surface area contributed by atoms with E-state index in [1.165, 1.54) is 0 Å². The molecule has 0 aliphatic heterocycles. The Morgan fingerprint density at radius 3 is 2.00 bits per heavy atom. The molecular formula is C11H21N3O4. The fraction of sp³-hybridized carbons (Fsp3) is 0.727. The van der Waals surface area contributed by atoms with Crippen molar-refractivity contribution in [3.8, 4) is 0 Å². The van der Waals surface area contributed by atoms with E-state index in [1.807, 2.05) is 0 Å². The number of carbonyl (C=O) groups excluding carboxylic acids is 2. The van der Waals surface area contributed by atoms with Crippen molar-refractivity contribution < 1.29 is 19.5 Å². The van der Waals surface area contributed by atoms with Gasteiger partial charge in [-0.3, -0.25) is 4.79 Å². The second-order valence-corrected chi connectivity index (χ2v) is 4.61. The molecule has 0 aromatic heterocycles. The predicted molar refractivity (Wildman–Crippen MR) is 66.1 cm³/mol. The number of hydrogen-bond acceptors (Lipinski definition) is 3. The first kappa shape index (κ1) is 16.2. The fourth-order valence-electron chi connectivity index (χ4n) is 1.24. The van der Waals surface area contributed by atoms with Gasteiger partial charge < -0.3 is 21.1 Å². The highest BCUT2D eigenvalue weighted by molar-refractivity contribution is 5.86. The van der Waals surface area contributed by atoms with Gasteiger partial charge in [-0.2, -0.15) is 0 Å². The minimum absolute atomic E-state index is 0.00945. The molecule has 0 aromatic rings. The van der Waals surface area contributed by atoms with Gasteiger partial charge in [-0.15, -0.1) is 0 Å². The number of urea groups is 1. The van der Waals surface area contributed by atoms with Crippen molar-refractivity contribution in [1.29, 1.82) is 0 Å². The molecule has 104 valence electrons. The van der Waals surface area contributed by atoms with Crippen molar-refractivity contribution in [2.45, 2.75) is 39.8 Å². The smallest absolute Gasteiger partial charge is 0.326 e. The lowest BCUT2D eigenvalue weighted by Crippen LogP contribution is -2.50. The lowest BCUT2D eigenvalue weighted by atomic mass is 10.1. The monoisotopic (exact) mass is 259 g/mol. The van der Waals surface area contributed by atoms with Crippen LogP contribution in [0.3, 0.4) is 0 Å². The second-order valence-electron chi connectivity index (χ2n) is 4.61. The number of nitrogens with one attached hydrogen (secondary N) is 3. The van der Waals surface area contributed by atoms with E-state index < -0.39 is 18.0 Å². The van der Waals surface area contributed by atoms with E-state index in [2.05, 4.69) is 16.0 Å². The molecule has 7 nitrogen and oxygen atoms in total. The number of carboxylic acids is 1. The first-order valence-electron chi connectivity index (χ1n) is 5.80. The first-order chi connectivity index (χ1) is 8.23. The van der Waals surface area contributed by atoms with Gasteiger partial charge in [0.1, 0.15) is 6.04 Å². The molecule has 0 saturated heterocycles. The van der Waals surface area contributed by atoms with Crippen LogP contribution in [-0.4, -0.2) is 41.6 Å². The molecule has 0 saturated carbocycles.